The van der Waals surface area contributed by atoms with Crippen molar-refractivity contribution in [3.8, 4) is 6.07 Å². The molecule has 0 aliphatic carbocycles. The van der Waals surface area contributed by atoms with Crippen molar-refractivity contribution < 1.29 is 23.9 Å². The number of aryl methyl sites for hydroxylation is 1. The number of hydrogen-bond donors (Lipinski definition) is 0. The molecule has 150 valence electrons. The summed E-state index contributed by atoms with van der Waals surface area (Å²) in [6.45, 7) is 2.03. The zero-order valence-electron chi connectivity index (χ0n) is 16.0. The number of amides is 4. The number of hydrogen-bond acceptors (Lipinski definition) is 7. The Balaban J connectivity index is 1.55. The van der Waals surface area contributed by atoms with E-state index in [2.05, 4.69) is 9.72 Å². The van der Waals surface area contributed by atoms with Crippen molar-refractivity contribution in [1.29, 1.82) is 5.26 Å². The second kappa shape index (κ2) is 6.84. The normalized spacial score (nSPS) is 24.7. The van der Waals surface area contributed by atoms with Crippen molar-refractivity contribution in [2.75, 3.05) is 18.6 Å². The predicted octanol–water partition coefficient (Wildman–Crippen LogP) is 0.335. The highest BCUT2D eigenvalue weighted by Gasteiger charge is 2.62. The SMILES string of the molecule is COC(=O)CCC(=O)N1C[C@@H]2C[C@H]1[C@H]1C(=O)N(c3cnc(C#N)c(C)c3)C(=O)N21. The summed E-state index contributed by atoms with van der Waals surface area (Å²) >= 11 is 0. The van der Waals surface area contributed by atoms with Gasteiger partial charge >= 0.3 is 12.0 Å². The van der Waals surface area contributed by atoms with Gasteiger partial charge in [-0.2, -0.15) is 5.26 Å². The maximum atomic E-state index is 13.1. The molecule has 10 nitrogen and oxygen atoms in total. The molecule has 0 spiro atoms. The Morgan fingerprint density at radius 2 is 2.10 bits per heavy atom. The molecule has 0 aromatic carbocycles. The second-order valence-electron chi connectivity index (χ2n) is 7.36. The van der Waals surface area contributed by atoms with Gasteiger partial charge in [0, 0.05) is 13.0 Å². The van der Waals surface area contributed by atoms with Gasteiger partial charge in [0.25, 0.3) is 5.91 Å². The number of nitrogens with zero attached hydrogens (tertiary/aromatic N) is 5. The average Bonchev–Trinajstić information content (AvgIpc) is 3.37. The zero-order chi connectivity index (χ0) is 20.9. The van der Waals surface area contributed by atoms with Crippen LogP contribution in [0.3, 0.4) is 0 Å². The molecule has 0 unspecified atom stereocenters. The van der Waals surface area contributed by atoms with E-state index in [-0.39, 0.29) is 30.5 Å². The van der Waals surface area contributed by atoms with Crippen LogP contribution in [-0.4, -0.2) is 70.4 Å². The Labute approximate surface area is 166 Å². The quantitative estimate of drug-likeness (QED) is 0.530. The average molecular weight is 397 g/mol. The fourth-order valence-electron chi connectivity index (χ4n) is 4.44. The number of fused-ring (bicyclic) bond motifs is 5. The van der Waals surface area contributed by atoms with Crippen LogP contribution >= 0.6 is 0 Å². The van der Waals surface area contributed by atoms with E-state index in [9.17, 15) is 19.2 Å². The highest BCUT2D eigenvalue weighted by Crippen LogP contribution is 2.42. The van der Waals surface area contributed by atoms with Gasteiger partial charge < -0.3 is 14.5 Å². The maximum absolute atomic E-state index is 13.1. The number of pyridine rings is 1. The van der Waals surface area contributed by atoms with Gasteiger partial charge in [0.15, 0.2) is 0 Å². The van der Waals surface area contributed by atoms with Crippen LogP contribution in [0.1, 0.15) is 30.5 Å². The van der Waals surface area contributed by atoms with Gasteiger partial charge in [0.1, 0.15) is 17.8 Å². The van der Waals surface area contributed by atoms with Crippen molar-refractivity contribution in [3.63, 3.8) is 0 Å². The molecule has 4 amide bonds. The largest absolute Gasteiger partial charge is 0.469 e. The van der Waals surface area contributed by atoms with E-state index in [0.29, 0.717) is 24.2 Å². The number of methoxy groups -OCH3 is 1. The summed E-state index contributed by atoms with van der Waals surface area (Å²) in [7, 11) is 1.26. The first kappa shape index (κ1) is 18.9. The number of piperazine rings is 1. The van der Waals surface area contributed by atoms with Crippen molar-refractivity contribution in [1.82, 2.24) is 14.8 Å². The van der Waals surface area contributed by atoms with E-state index in [4.69, 9.17) is 5.26 Å². The van der Waals surface area contributed by atoms with Crippen LogP contribution in [0.5, 0.6) is 0 Å². The molecule has 29 heavy (non-hydrogen) atoms. The van der Waals surface area contributed by atoms with Crippen LogP contribution in [0.4, 0.5) is 10.5 Å². The number of urea groups is 1. The number of imide groups is 1. The van der Waals surface area contributed by atoms with Crippen LogP contribution in [0, 0.1) is 18.3 Å². The molecule has 10 heteroatoms. The first-order valence-electron chi connectivity index (χ1n) is 9.26. The molecule has 1 aromatic heterocycles. The molecule has 0 saturated carbocycles. The summed E-state index contributed by atoms with van der Waals surface area (Å²) in [5, 5.41) is 9.03. The minimum Gasteiger partial charge on any atom is -0.469 e. The number of carbonyl (C=O) groups is 4. The van der Waals surface area contributed by atoms with Gasteiger partial charge in [-0.15, -0.1) is 0 Å². The third-order valence-corrected chi connectivity index (χ3v) is 5.78. The molecule has 2 bridgehead atoms. The van der Waals surface area contributed by atoms with Crippen molar-refractivity contribution in [2.24, 2.45) is 0 Å². The summed E-state index contributed by atoms with van der Waals surface area (Å²) in [4.78, 5) is 58.1. The van der Waals surface area contributed by atoms with E-state index in [1.165, 1.54) is 13.3 Å². The van der Waals surface area contributed by atoms with Gasteiger partial charge in [-0.1, -0.05) is 0 Å². The Hall–Kier alpha value is -3.48. The van der Waals surface area contributed by atoms with Crippen molar-refractivity contribution in [2.45, 2.75) is 44.3 Å². The van der Waals surface area contributed by atoms with Gasteiger partial charge in [-0.3, -0.25) is 14.4 Å². The van der Waals surface area contributed by atoms with E-state index in [0.717, 1.165) is 4.90 Å². The number of aromatic nitrogens is 1. The molecule has 3 aliphatic heterocycles. The van der Waals surface area contributed by atoms with E-state index < -0.39 is 30.0 Å². The summed E-state index contributed by atoms with van der Waals surface area (Å²) in [6.07, 6.45) is 1.87. The number of ether oxygens (including phenoxy) is 1. The molecule has 0 radical (unpaired) electrons. The molecule has 1 aromatic rings. The van der Waals surface area contributed by atoms with Crippen LogP contribution in [0.25, 0.3) is 0 Å². The van der Waals surface area contributed by atoms with E-state index >= 15 is 0 Å². The highest BCUT2D eigenvalue weighted by atomic mass is 16.5. The number of anilines is 1. The number of esters is 1. The molecule has 3 aliphatic rings. The molecule has 3 atom stereocenters. The van der Waals surface area contributed by atoms with Crippen LogP contribution < -0.4 is 4.90 Å². The van der Waals surface area contributed by atoms with E-state index in [1.54, 1.807) is 22.8 Å². The van der Waals surface area contributed by atoms with Gasteiger partial charge in [0.2, 0.25) is 5.91 Å². The molecular weight excluding hydrogens is 378 g/mol. The first-order chi connectivity index (χ1) is 13.9. The monoisotopic (exact) mass is 397 g/mol. The van der Waals surface area contributed by atoms with Gasteiger partial charge in [-0.25, -0.2) is 14.7 Å². The lowest BCUT2D eigenvalue weighted by Gasteiger charge is -2.34. The Kier molecular flexibility index (Phi) is 4.45. The summed E-state index contributed by atoms with van der Waals surface area (Å²) in [6, 6.07) is 1.74. The fourth-order valence-corrected chi connectivity index (χ4v) is 4.44. The zero-order valence-corrected chi connectivity index (χ0v) is 16.0. The third-order valence-electron chi connectivity index (χ3n) is 5.78. The summed E-state index contributed by atoms with van der Waals surface area (Å²) in [5.41, 5.74) is 1.12. The van der Waals surface area contributed by atoms with Crippen molar-refractivity contribution in [3.05, 3.63) is 23.5 Å². The predicted molar refractivity (Wildman–Crippen MR) is 97.4 cm³/mol. The lowest BCUT2D eigenvalue weighted by molar-refractivity contribution is -0.144. The molecular formula is C19H19N5O5. The molecule has 3 saturated heterocycles. The Morgan fingerprint density at radius 3 is 2.76 bits per heavy atom. The number of carbonyl (C=O) groups excluding carboxylic acids is 4. The van der Waals surface area contributed by atoms with Crippen LogP contribution in [-0.2, 0) is 19.1 Å². The smallest absolute Gasteiger partial charge is 0.332 e. The van der Waals surface area contributed by atoms with Crippen LogP contribution in [0.15, 0.2) is 12.3 Å². The highest BCUT2D eigenvalue weighted by molar-refractivity contribution is 6.22. The number of rotatable bonds is 4. The minimum absolute atomic E-state index is 0.00714. The third kappa shape index (κ3) is 2.81. The standard InChI is InChI=1S/C19H19N5O5/c1-10-5-11(8-21-13(10)7-20)24-18(27)17-14-6-12(23(17)19(24)28)9-22(14)15(25)3-4-16(26)29-2/h5,8,12,14,17H,3-4,6,9H2,1-2H3/t12-,14-,17-/m0/s1. The lowest BCUT2D eigenvalue weighted by atomic mass is 10.1. The van der Waals surface area contributed by atoms with E-state index in [1.807, 2.05) is 6.07 Å². The lowest BCUT2D eigenvalue weighted by Crippen LogP contribution is -2.54. The minimum atomic E-state index is -0.737. The summed E-state index contributed by atoms with van der Waals surface area (Å²) in [5.74, 6) is -1.10. The first-order valence-corrected chi connectivity index (χ1v) is 9.26. The topological polar surface area (TPSA) is 124 Å². The maximum Gasteiger partial charge on any atom is 0.332 e. The molecule has 4 heterocycles. The van der Waals surface area contributed by atoms with Gasteiger partial charge in [0.05, 0.1) is 37.5 Å². The fraction of sp³-hybridized carbons (Fsp3) is 0.474. The van der Waals surface area contributed by atoms with Gasteiger partial charge in [-0.05, 0) is 25.0 Å². The second-order valence-corrected chi connectivity index (χ2v) is 7.36. The number of likely N-dealkylation sites (tertiary alicyclic amines) is 1. The number of nitriles is 1. The Morgan fingerprint density at radius 1 is 1.34 bits per heavy atom. The van der Waals surface area contributed by atoms with Crippen molar-refractivity contribution >= 4 is 29.5 Å². The van der Waals surface area contributed by atoms with Crippen LogP contribution in [0.2, 0.25) is 0 Å². The Bertz CT molecular complexity index is 970. The summed E-state index contributed by atoms with van der Waals surface area (Å²) < 4.78 is 4.57. The molecule has 3 fully saturated rings. The molecule has 0 N–H and O–H groups in total. The molecule has 4 rings (SSSR count).